The third kappa shape index (κ3) is 5.07. The molecule has 3 aromatic heterocycles. The molecule has 2 amide bonds. The number of nitrogens with zero attached hydrogens (tertiary/aromatic N) is 5. The summed E-state index contributed by atoms with van der Waals surface area (Å²) >= 11 is 2.66. The van der Waals surface area contributed by atoms with Gasteiger partial charge < -0.3 is 10.6 Å². The first kappa shape index (κ1) is 23.8. The van der Waals surface area contributed by atoms with Crippen LogP contribution in [-0.2, 0) is 16.0 Å². The normalized spacial score (nSPS) is 11.1. The Morgan fingerprint density at radius 2 is 1.97 bits per heavy atom. The van der Waals surface area contributed by atoms with Crippen LogP contribution in [0.3, 0.4) is 0 Å². The van der Waals surface area contributed by atoms with Crippen molar-refractivity contribution in [2.24, 2.45) is 0 Å². The zero-order valence-electron chi connectivity index (χ0n) is 19.0. The maximum absolute atomic E-state index is 14.5. The largest absolute Gasteiger partial charge is 0.326 e. The molecule has 4 aromatic rings. The summed E-state index contributed by atoms with van der Waals surface area (Å²) in [5.74, 6) is -0.455. The van der Waals surface area contributed by atoms with Crippen LogP contribution in [0.2, 0.25) is 0 Å². The molecule has 0 saturated carbocycles. The van der Waals surface area contributed by atoms with Crippen LogP contribution in [0.5, 0.6) is 0 Å². The summed E-state index contributed by atoms with van der Waals surface area (Å²) in [6.07, 6.45) is 2.62. The monoisotopic (exact) mass is 499 g/mol. The molecule has 2 N–H and O–H groups in total. The van der Waals surface area contributed by atoms with Gasteiger partial charge in [-0.05, 0) is 50.3 Å². The number of fused-ring (bicyclic) bond motifs is 1. The molecule has 12 heteroatoms. The lowest BCUT2D eigenvalue weighted by Gasteiger charge is -2.10. The van der Waals surface area contributed by atoms with Crippen LogP contribution in [0.1, 0.15) is 30.3 Å². The van der Waals surface area contributed by atoms with Crippen LogP contribution in [0.15, 0.2) is 28.7 Å². The van der Waals surface area contributed by atoms with Crippen LogP contribution in [0.4, 0.5) is 15.2 Å². The van der Waals surface area contributed by atoms with Crippen molar-refractivity contribution in [1.29, 1.82) is 0 Å². The molecule has 0 spiro atoms. The summed E-state index contributed by atoms with van der Waals surface area (Å²) in [4.78, 5) is 36.9. The Hall–Kier alpha value is -3.38. The van der Waals surface area contributed by atoms with E-state index in [4.69, 9.17) is 0 Å². The van der Waals surface area contributed by atoms with Gasteiger partial charge in [0.05, 0.1) is 5.69 Å². The van der Waals surface area contributed by atoms with Gasteiger partial charge in [-0.15, -0.1) is 16.4 Å². The second kappa shape index (κ2) is 9.85. The van der Waals surface area contributed by atoms with Gasteiger partial charge in [0.15, 0.2) is 5.13 Å². The van der Waals surface area contributed by atoms with Crippen molar-refractivity contribution in [2.75, 3.05) is 16.9 Å². The lowest BCUT2D eigenvalue weighted by Crippen LogP contribution is -2.14. The Morgan fingerprint density at radius 3 is 2.68 bits per heavy atom. The number of hydrogen-bond acceptors (Lipinski definition) is 8. The highest BCUT2D eigenvalue weighted by Crippen LogP contribution is 2.29. The number of halogens is 1. The quantitative estimate of drug-likeness (QED) is 0.365. The SMILES string of the molecule is CSc1nc2nc(C)c(CCC(=O)Nc3nc(-c4ccc(NC(C)=O)cc4F)cs3)c(C)n2n1. The molecule has 3 heterocycles. The number of aryl methyl sites for hydroxylation is 2. The van der Waals surface area contributed by atoms with Crippen LogP contribution in [-0.4, -0.2) is 42.6 Å². The maximum Gasteiger partial charge on any atom is 0.253 e. The minimum atomic E-state index is -0.513. The predicted octanol–water partition coefficient (Wildman–Crippen LogP) is 4.26. The van der Waals surface area contributed by atoms with E-state index >= 15 is 0 Å². The number of thioether (sulfide) groups is 1. The summed E-state index contributed by atoms with van der Waals surface area (Å²) in [5, 5.41) is 12.4. The first-order valence-electron chi connectivity index (χ1n) is 10.3. The van der Waals surface area contributed by atoms with E-state index in [1.54, 1.807) is 22.0 Å². The first-order valence-corrected chi connectivity index (χ1v) is 12.5. The van der Waals surface area contributed by atoms with E-state index in [-0.39, 0.29) is 23.8 Å². The molecule has 0 unspecified atom stereocenters. The van der Waals surface area contributed by atoms with E-state index in [0.717, 1.165) is 17.0 Å². The molecular weight excluding hydrogens is 477 g/mol. The van der Waals surface area contributed by atoms with E-state index in [2.05, 4.69) is 30.7 Å². The Labute approximate surface area is 203 Å². The summed E-state index contributed by atoms with van der Waals surface area (Å²) < 4.78 is 16.2. The summed E-state index contributed by atoms with van der Waals surface area (Å²) in [7, 11) is 0. The average molecular weight is 500 g/mol. The molecular formula is C22H22FN7O2S2. The van der Waals surface area contributed by atoms with Crippen molar-refractivity contribution in [2.45, 2.75) is 38.8 Å². The topological polar surface area (TPSA) is 114 Å². The van der Waals surface area contributed by atoms with Crippen LogP contribution in [0, 0.1) is 19.7 Å². The van der Waals surface area contributed by atoms with Crippen molar-refractivity contribution < 1.29 is 14.0 Å². The Bertz CT molecular complexity index is 1400. The minimum absolute atomic E-state index is 0.204. The highest BCUT2D eigenvalue weighted by molar-refractivity contribution is 7.98. The van der Waals surface area contributed by atoms with Gasteiger partial charge in [0.25, 0.3) is 5.78 Å². The molecule has 1 aromatic carbocycles. The molecule has 0 aliphatic rings. The number of hydrogen-bond donors (Lipinski definition) is 2. The predicted molar refractivity (Wildman–Crippen MR) is 131 cm³/mol. The third-order valence-corrected chi connectivity index (χ3v) is 6.43. The van der Waals surface area contributed by atoms with Gasteiger partial charge in [0.2, 0.25) is 17.0 Å². The molecule has 0 aliphatic heterocycles. The fourth-order valence-electron chi connectivity index (χ4n) is 3.52. The van der Waals surface area contributed by atoms with Gasteiger partial charge in [-0.2, -0.15) is 4.98 Å². The molecule has 0 bridgehead atoms. The zero-order chi connectivity index (χ0) is 24.4. The van der Waals surface area contributed by atoms with E-state index < -0.39 is 5.82 Å². The van der Waals surface area contributed by atoms with Gasteiger partial charge in [0.1, 0.15) is 5.82 Å². The maximum atomic E-state index is 14.5. The molecule has 176 valence electrons. The standard InChI is InChI=1S/C22H22FN7O2S2/c1-11-15(12(2)30-20(24-11)28-22(29-30)33-4)7-8-19(32)27-21-26-18(10-34-21)16-6-5-14(9-17(16)23)25-13(3)31/h5-6,9-10H,7-8H2,1-4H3,(H,25,31)(H,26,27,32). The molecule has 4 rings (SSSR count). The first-order chi connectivity index (χ1) is 16.2. The second-order valence-corrected chi connectivity index (χ2v) is 9.16. The van der Waals surface area contributed by atoms with E-state index in [9.17, 15) is 14.0 Å². The second-order valence-electron chi connectivity index (χ2n) is 7.53. The third-order valence-electron chi connectivity index (χ3n) is 5.13. The number of carbonyl (C=O) groups is 2. The number of thiazole rings is 1. The molecule has 0 aliphatic carbocycles. The average Bonchev–Trinajstić information content (AvgIpc) is 3.40. The smallest absolute Gasteiger partial charge is 0.253 e. The van der Waals surface area contributed by atoms with Crippen molar-refractivity contribution in [3.63, 3.8) is 0 Å². The van der Waals surface area contributed by atoms with Gasteiger partial charge in [-0.3, -0.25) is 9.59 Å². The number of benzene rings is 1. The molecule has 0 fully saturated rings. The Balaban J connectivity index is 1.42. The molecule has 9 nitrogen and oxygen atoms in total. The summed E-state index contributed by atoms with van der Waals surface area (Å²) in [5.41, 5.74) is 3.72. The number of rotatable bonds is 7. The number of anilines is 2. The van der Waals surface area contributed by atoms with Gasteiger partial charge in [-0.1, -0.05) is 11.8 Å². The highest BCUT2D eigenvalue weighted by atomic mass is 32.2. The van der Waals surface area contributed by atoms with E-state index in [0.29, 0.717) is 33.9 Å². The Kier molecular flexibility index (Phi) is 6.89. The number of aromatic nitrogens is 5. The van der Waals surface area contributed by atoms with E-state index in [1.807, 2.05) is 20.1 Å². The highest BCUT2D eigenvalue weighted by Gasteiger charge is 2.16. The van der Waals surface area contributed by atoms with Crippen LogP contribution >= 0.6 is 23.1 Å². The molecule has 0 saturated heterocycles. The minimum Gasteiger partial charge on any atom is -0.326 e. The fraction of sp³-hybridized carbons (Fsp3) is 0.273. The van der Waals surface area contributed by atoms with Gasteiger partial charge >= 0.3 is 0 Å². The number of amides is 2. The van der Waals surface area contributed by atoms with E-state index in [1.165, 1.54) is 36.1 Å². The zero-order valence-corrected chi connectivity index (χ0v) is 20.6. The van der Waals surface area contributed by atoms with Crippen molar-refractivity contribution in [3.05, 3.63) is 46.3 Å². The van der Waals surface area contributed by atoms with Crippen molar-refractivity contribution in [1.82, 2.24) is 24.6 Å². The molecule has 0 radical (unpaired) electrons. The lowest BCUT2D eigenvalue weighted by molar-refractivity contribution is -0.116. The van der Waals surface area contributed by atoms with Gasteiger partial charge in [-0.25, -0.2) is 18.9 Å². The Morgan fingerprint density at radius 1 is 1.18 bits per heavy atom. The van der Waals surface area contributed by atoms with Crippen molar-refractivity contribution >= 4 is 51.5 Å². The lowest BCUT2D eigenvalue weighted by atomic mass is 10.1. The van der Waals surface area contributed by atoms with Crippen LogP contribution < -0.4 is 10.6 Å². The van der Waals surface area contributed by atoms with Crippen molar-refractivity contribution in [3.8, 4) is 11.3 Å². The summed E-state index contributed by atoms with van der Waals surface area (Å²) in [6, 6.07) is 4.38. The number of carbonyl (C=O) groups excluding carboxylic acids is 2. The fourth-order valence-corrected chi connectivity index (χ4v) is 4.58. The molecule has 0 atom stereocenters. The molecule has 34 heavy (non-hydrogen) atoms. The number of nitrogens with one attached hydrogen (secondary N) is 2. The van der Waals surface area contributed by atoms with Crippen LogP contribution in [0.25, 0.3) is 17.0 Å². The van der Waals surface area contributed by atoms with Gasteiger partial charge in [0, 0.05) is 41.4 Å². The summed E-state index contributed by atoms with van der Waals surface area (Å²) in [6.45, 7) is 5.19.